The fourth-order valence-corrected chi connectivity index (χ4v) is 1.08. The van der Waals surface area contributed by atoms with Crippen molar-refractivity contribution < 1.29 is 9.90 Å². The van der Waals surface area contributed by atoms with Crippen LogP contribution >= 0.6 is 0 Å². The van der Waals surface area contributed by atoms with Crippen molar-refractivity contribution in [3.05, 3.63) is 11.6 Å². The summed E-state index contributed by atoms with van der Waals surface area (Å²) in [5, 5.41) is 10.0. The summed E-state index contributed by atoms with van der Waals surface area (Å²) in [5.74, 6) is -0.955. The molecule has 0 unspecified atom stereocenters. The molecule has 0 heterocycles. The Kier molecular flexibility index (Phi) is 1.88. The van der Waals surface area contributed by atoms with E-state index >= 15 is 0 Å². The Balaban J connectivity index is 2.35. The number of aliphatic carboxylic acids is 1. The van der Waals surface area contributed by atoms with Gasteiger partial charge in [0.15, 0.2) is 0 Å². The van der Waals surface area contributed by atoms with Crippen LogP contribution in [-0.2, 0) is 4.79 Å². The maximum atomic E-state index is 10.0. The van der Waals surface area contributed by atoms with Crippen molar-refractivity contribution >= 4 is 5.97 Å². The van der Waals surface area contributed by atoms with Gasteiger partial charge in [0, 0.05) is 12.4 Å². The number of hydrogen-bond donors (Lipinski definition) is 0. The summed E-state index contributed by atoms with van der Waals surface area (Å²) >= 11 is 0. The SMILES string of the molecule is O=C([O-])CC1=CCCC1. The minimum absolute atomic E-state index is 0.139. The molecule has 0 radical (unpaired) electrons. The molecule has 0 aromatic carbocycles. The summed E-state index contributed by atoms with van der Waals surface area (Å²) in [5.41, 5.74) is 1.04. The molecule has 0 saturated heterocycles. The summed E-state index contributed by atoms with van der Waals surface area (Å²) in [6, 6.07) is 0. The van der Waals surface area contributed by atoms with Gasteiger partial charge in [0.25, 0.3) is 0 Å². The molecule has 0 N–H and O–H groups in total. The molecule has 0 amide bonds. The van der Waals surface area contributed by atoms with Gasteiger partial charge in [-0.25, -0.2) is 0 Å². The Labute approximate surface area is 54.2 Å². The molecule has 0 atom stereocenters. The standard InChI is InChI=1S/C7H10O2/c8-7(9)5-6-3-1-2-4-6/h3H,1-2,4-5H2,(H,8,9)/p-1. The molecular weight excluding hydrogens is 116 g/mol. The number of carbonyl (C=O) groups is 1. The van der Waals surface area contributed by atoms with Crippen molar-refractivity contribution in [3.8, 4) is 0 Å². The lowest BCUT2D eigenvalue weighted by Crippen LogP contribution is -2.21. The summed E-state index contributed by atoms with van der Waals surface area (Å²) in [6.07, 6.45) is 5.25. The molecule has 9 heavy (non-hydrogen) atoms. The van der Waals surface area contributed by atoms with E-state index in [0.29, 0.717) is 0 Å². The van der Waals surface area contributed by atoms with Crippen LogP contribution in [-0.4, -0.2) is 5.97 Å². The van der Waals surface area contributed by atoms with E-state index in [1.165, 1.54) is 0 Å². The highest BCUT2D eigenvalue weighted by Crippen LogP contribution is 2.19. The minimum Gasteiger partial charge on any atom is -0.550 e. The third-order valence-electron chi connectivity index (χ3n) is 1.51. The van der Waals surface area contributed by atoms with Crippen LogP contribution in [0.1, 0.15) is 25.7 Å². The van der Waals surface area contributed by atoms with Gasteiger partial charge in [-0.2, -0.15) is 0 Å². The molecular formula is C7H9O2-. The van der Waals surface area contributed by atoms with Gasteiger partial charge in [0.1, 0.15) is 0 Å². The highest BCUT2D eigenvalue weighted by molar-refractivity contribution is 5.67. The van der Waals surface area contributed by atoms with Crippen molar-refractivity contribution in [3.63, 3.8) is 0 Å². The molecule has 1 aliphatic carbocycles. The van der Waals surface area contributed by atoms with Crippen LogP contribution in [0.25, 0.3) is 0 Å². The third kappa shape index (κ3) is 1.88. The van der Waals surface area contributed by atoms with Crippen molar-refractivity contribution in [1.82, 2.24) is 0 Å². The lowest BCUT2D eigenvalue weighted by atomic mass is 10.2. The molecule has 0 aromatic heterocycles. The van der Waals surface area contributed by atoms with Crippen molar-refractivity contribution in [1.29, 1.82) is 0 Å². The Morgan fingerprint density at radius 2 is 2.56 bits per heavy atom. The zero-order valence-corrected chi connectivity index (χ0v) is 5.22. The van der Waals surface area contributed by atoms with Crippen LogP contribution < -0.4 is 5.11 Å². The average molecular weight is 125 g/mol. The second-order valence-corrected chi connectivity index (χ2v) is 2.30. The van der Waals surface area contributed by atoms with Gasteiger partial charge in [-0.1, -0.05) is 11.6 Å². The highest BCUT2D eigenvalue weighted by atomic mass is 16.4. The first-order valence-corrected chi connectivity index (χ1v) is 3.17. The van der Waals surface area contributed by atoms with Crippen molar-refractivity contribution in [2.75, 3.05) is 0 Å². The lowest BCUT2D eigenvalue weighted by Gasteiger charge is -2.00. The maximum Gasteiger partial charge on any atom is 0.0454 e. The predicted octanol–water partition coefficient (Wildman–Crippen LogP) is 0.237. The van der Waals surface area contributed by atoms with Gasteiger partial charge >= 0.3 is 0 Å². The van der Waals surface area contributed by atoms with Crippen LogP contribution in [0.5, 0.6) is 0 Å². The molecule has 0 aliphatic heterocycles. The van der Waals surface area contributed by atoms with Crippen LogP contribution in [0, 0.1) is 0 Å². The number of hydrogen-bond acceptors (Lipinski definition) is 2. The van der Waals surface area contributed by atoms with E-state index in [1.54, 1.807) is 0 Å². The van der Waals surface area contributed by atoms with Gasteiger partial charge in [0.05, 0.1) is 0 Å². The lowest BCUT2D eigenvalue weighted by molar-refractivity contribution is -0.304. The predicted molar refractivity (Wildman–Crippen MR) is 31.6 cm³/mol. The average Bonchev–Trinajstić information content (AvgIpc) is 2.15. The summed E-state index contributed by atoms with van der Waals surface area (Å²) in [4.78, 5) is 10.0. The molecule has 0 aromatic rings. The summed E-state index contributed by atoms with van der Waals surface area (Å²) in [7, 11) is 0. The highest BCUT2D eigenvalue weighted by Gasteiger charge is 2.02. The number of allylic oxidation sites excluding steroid dienone is 1. The largest absolute Gasteiger partial charge is 0.550 e. The zero-order valence-electron chi connectivity index (χ0n) is 5.22. The quantitative estimate of drug-likeness (QED) is 0.496. The third-order valence-corrected chi connectivity index (χ3v) is 1.51. The van der Waals surface area contributed by atoms with Gasteiger partial charge < -0.3 is 9.90 Å². The van der Waals surface area contributed by atoms with Crippen LogP contribution in [0.15, 0.2) is 11.6 Å². The van der Waals surface area contributed by atoms with Gasteiger partial charge in [-0.15, -0.1) is 0 Å². The fraction of sp³-hybridized carbons (Fsp3) is 0.571. The molecule has 0 bridgehead atoms. The first-order valence-electron chi connectivity index (χ1n) is 3.17. The zero-order chi connectivity index (χ0) is 6.69. The fourth-order valence-electron chi connectivity index (χ4n) is 1.08. The molecule has 1 aliphatic rings. The molecule has 2 heteroatoms. The normalized spacial score (nSPS) is 17.6. The molecule has 50 valence electrons. The molecule has 2 nitrogen and oxygen atoms in total. The first kappa shape index (κ1) is 6.33. The van der Waals surface area contributed by atoms with E-state index in [1.807, 2.05) is 6.08 Å². The summed E-state index contributed by atoms with van der Waals surface area (Å²) in [6.45, 7) is 0. The van der Waals surface area contributed by atoms with E-state index in [2.05, 4.69) is 0 Å². The monoisotopic (exact) mass is 125 g/mol. The molecule has 0 spiro atoms. The molecule has 0 saturated carbocycles. The Morgan fingerprint density at radius 1 is 1.78 bits per heavy atom. The van der Waals surface area contributed by atoms with E-state index in [4.69, 9.17) is 0 Å². The first-order chi connectivity index (χ1) is 4.29. The number of carboxylic acids is 1. The second kappa shape index (κ2) is 2.67. The molecule has 0 fully saturated rings. The van der Waals surface area contributed by atoms with Gasteiger partial charge in [-0.3, -0.25) is 0 Å². The van der Waals surface area contributed by atoms with E-state index in [0.717, 1.165) is 24.8 Å². The van der Waals surface area contributed by atoms with Crippen LogP contribution in [0.2, 0.25) is 0 Å². The van der Waals surface area contributed by atoms with Crippen molar-refractivity contribution in [2.24, 2.45) is 0 Å². The van der Waals surface area contributed by atoms with Gasteiger partial charge in [0.2, 0.25) is 0 Å². The smallest absolute Gasteiger partial charge is 0.0454 e. The number of carboxylic acid groups (broad SMARTS) is 1. The maximum absolute atomic E-state index is 10.0. The minimum atomic E-state index is -0.955. The second-order valence-electron chi connectivity index (χ2n) is 2.30. The Bertz CT molecular complexity index is 147. The van der Waals surface area contributed by atoms with Crippen LogP contribution in [0.3, 0.4) is 0 Å². The Morgan fingerprint density at radius 3 is 3.00 bits per heavy atom. The molecule has 1 rings (SSSR count). The summed E-state index contributed by atoms with van der Waals surface area (Å²) < 4.78 is 0. The van der Waals surface area contributed by atoms with Crippen molar-refractivity contribution in [2.45, 2.75) is 25.7 Å². The van der Waals surface area contributed by atoms with E-state index < -0.39 is 5.97 Å². The van der Waals surface area contributed by atoms with Gasteiger partial charge in [-0.05, 0) is 19.3 Å². The number of rotatable bonds is 2. The van der Waals surface area contributed by atoms with E-state index in [-0.39, 0.29) is 6.42 Å². The van der Waals surface area contributed by atoms with Crippen LogP contribution in [0.4, 0.5) is 0 Å². The Hall–Kier alpha value is -0.790. The number of carbonyl (C=O) groups excluding carboxylic acids is 1. The van der Waals surface area contributed by atoms with E-state index in [9.17, 15) is 9.90 Å². The topological polar surface area (TPSA) is 40.1 Å².